The van der Waals surface area contributed by atoms with Gasteiger partial charge >= 0.3 is 0 Å². The lowest BCUT2D eigenvalue weighted by atomic mass is 9.99. The van der Waals surface area contributed by atoms with E-state index in [4.69, 9.17) is 9.47 Å². The zero-order valence-electron chi connectivity index (χ0n) is 31.7. The van der Waals surface area contributed by atoms with Crippen LogP contribution in [0, 0.1) is 0 Å². The van der Waals surface area contributed by atoms with Crippen molar-refractivity contribution in [3.8, 4) is 0 Å². The molecule has 0 bridgehead atoms. The van der Waals surface area contributed by atoms with Gasteiger partial charge in [0.1, 0.15) is 24.4 Å². The van der Waals surface area contributed by atoms with Crippen LogP contribution in [-0.2, 0) is 14.3 Å². The quantitative estimate of drug-likeness (QED) is 0.0376. The number of carbonyl (C=O) groups is 1. The van der Waals surface area contributed by atoms with E-state index in [9.17, 15) is 30.3 Å². The average Bonchev–Trinajstić information content (AvgIpc) is 3.10. The second-order valence-electron chi connectivity index (χ2n) is 14.8. The van der Waals surface area contributed by atoms with E-state index in [0.717, 1.165) is 38.5 Å². The van der Waals surface area contributed by atoms with Gasteiger partial charge in [-0.2, -0.15) is 0 Å². The van der Waals surface area contributed by atoms with Crippen molar-refractivity contribution in [1.29, 1.82) is 0 Å². The van der Waals surface area contributed by atoms with Crippen LogP contribution in [-0.4, -0.2) is 87.5 Å². The summed E-state index contributed by atoms with van der Waals surface area (Å²) in [6, 6.07) is -0.709. The largest absolute Gasteiger partial charge is 0.394 e. The summed E-state index contributed by atoms with van der Waals surface area (Å²) in [6.07, 6.45) is 25.4. The minimum atomic E-state index is -1.55. The Bertz CT molecular complexity index is 741. The molecule has 7 atom stereocenters. The molecule has 6 N–H and O–H groups in total. The van der Waals surface area contributed by atoms with Crippen molar-refractivity contribution in [2.75, 3.05) is 13.2 Å². The first kappa shape index (κ1) is 46.2. The van der Waals surface area contributed by atoms with Crippen LogP contribution >= 0.6 is 0 Å². The molecule has 0 spiro atoms. The third kappa shape index (κ3) is 23.4. The van der Waals surface area contributed by atoms with E-state index in [1.807, 2.05) is 0 Å². The molecule has 9 heteroatoms. The molecule has 292 valence electrons. The minimum absolute atomic E-state index is 0.133. The van der Waals surface area contributed by atoms with Crippen LogP contribution in [0.15, 0.2) is 0 Å². The van der Waals surface area contributed by atoms with E-state index in [-0.39, 0.29) is 12.5 Å². The molecule has 1 aliphatic heterocycles. The molecule has 1 rings (SSSR count). The fraction of sp³-hybridized carbons (Fsp3) is 0.975. The van der Waals surface area contributed by atoms with Crippen molar-refractivity contribution in [1.82, 2.24) is 5.32 Å². The summed E-state index contributed by atoms with van der Waals surface area (Å²) in [6.45, 7) is 3.81. The zero-order chi connectivity index (χ0) is 36.0. The van der Waals surface area contributed by atoms with E-state index in [1.54, 1.807) is 0 Å². The predicted octanol–water partition coefficient (Wildman–Crippen LogP) is 7.61. The fourth-order valence-corrected chi connectivity index (χ4v) is 6.81. The molecule has 0 saturated carbocycles. The van der Waals surface area contributed by atoms with E-state index >= 15 is 0 Å². The Morgan fingerprint density at radius 3 is 1.45 bits per heavy atom. The highest BCUT2D eigenvalue weighted by atomic mass is 16.7. The van der Waals surface area contributed by atoms with Crippen LogP contribution in [0.4, 0.5) is 0 Å². The van der Waals surface area contributed by atoms with Gasteiger partial charge < -0.3 is 40.3 Å². The van der Waals surface area contributed by atoms with Crippen molar-refractivity contribution in [2.45, 2.75) is 236 Å². The predicted molar refractivity (Wildman–Crippen MR) is 198 cm³/mol. The molecule has 1 heterocycles. The van der Waals surface area contributed by atoms with Gasteiger partial charge in [0.05, 0.1) is 25.4 Å². The Morgan fingerprint density at radius 2 is 1.02 bits per heavy atom. The normalized spacial score (nSPS) is 22.3. The molecule has 0 radical (unpaired) electrons. The second kappa shape index (κ2) is 31.9. The lowest BCUT2D eigenvalue weighted by Gasteiger charge is -2.40. The van der Waals surface area contributed by atoms with Crippen LogP contribution in [0.2, 0.25) is 0 Å². The molecular formula is C40H79NO8. The van der Waals surface area contributed by atoms with Crippen molar-refractivity contribution in [2.24, 2.45) is 0 Å². The number of unbranched alkanes of at least 4 members (excludes halogenated alkanes) is 24. The maximum atomic E-state index is 12.8. The van der Waals surface area contributed by atoms with Gasteiger partial charge in [0, 0.05) is 6.42 Å². The molecular weight excluding hydrogens is 622 g/mol. The maximum Gasteiger partial charge on any atom is 0.220 e. The molecule has 2 unspecified atom stereocenters. The van der Waals surface area contributed by atoms with Crippen LogP contribution < -0.4 is 5.32 Å². The smallest absolute Gasteiger partial charge is 0.220 e. The molecule has 9 nitrogen and oxygen atoms in total. The maximum absolute atomic E-state index is 12.8. The number of rotatable bonds is 34. The van der Waals surface area contributed by atoms with Crippen LogP contribution in [0.5, 0.6) is 0 Å². The van der Waals surface area contributed by atoms with Crippen molar-refractivity contribution in [3.05, 3.63) is 0 Å². The number of aliphatic hydroxyl groups is 5. The van der Waals surface area contributed by atoms with Crippen molar-refractivity contribution in [3.63, 3.8) is 0 Å². The lowest BCUT2D eigenvalue weighted by Crippen LogP contribution is -2.60. The van der Waals surface area contributed by atoms with E-state index in [0.29, 0.717) is 12.8 Å². The van der Waals surface area contributed by atoms with Gasteiger partial charge in [0.2, 0.25) is 5.91 Å². The van der Waals surface area contributed by atoms with Crippen molar-refractivity contribution < 1.29 is 39.8 Å². The summed E-state index contributed by atoms with van der Waals surface area (Å²) >= 11 is 0. The molecule has 1 fully saturated rings. The van der Waals surface area contributed by atoms with Crippen molar-refractivity contribution >= 4 is 5.91 Å². The Labute approximate surface area is 300 Å². The number of hydrogen-bond acceptors (Lipinski definition) is 8. The summed E-state index contributed by atoms with van der Waals surface area (Å²) in [5.41, 5.74) is 0. The Balaban J connectivity index is 2.34. The van der Waals surface area contributed by atoms with Crippen LogP contribution in [0.3, 0.4) is 0 Å². The third-order valence-corrected chi connectivity index (χ3v) is 10.2. The van der Waals surface area contributed by atoms with Crippen LogP contribution in [0.25, 0.3) is 0 Å². The van der Waals surface area contributed by atoms with Gasteiger partial charge in [-0.15, -0.1) is 0 Å². The Kier molecular flexibility index (Phi) is 30.1. The van der Waals surface area contributed by atoms with Gasteiger partial charge in [-0.3, -0.25) is 4.79 Å². The average molecular weight is 702 g/mol. The van der Waals surface area contributed by atoms with Gasteiger partial charge in [0.25, 0.3) is 0 Å². The van der Waals surface area contributed by atoms with E-state index in [2.05, 4.69) is 19.2 Å². The molecule has 1 amide bonds. The van der Waals surface area contributed by atoms with E-state index in [1.165, 1.54) is 128 Å². The van der Waals surface area contributed by atoms with E-state index < -0.39 is 49.5 Å². The number of aliphatic hydroxyl groups excluding tert-OH is 5. The number of hydrogen-bond donors (Lipinski definition) is 6. The highest BCUT2D eigenvalue weighted by Crippen LogP contribution is 2.23. The highest BCUT2D eigenvalue weighted by molar-refractivity contribution is 5.76. The minimum Gasteiger partial charge on any atom is -0.394 e. The molecule has 0 aliphatic carbocycles. The summed E-state index contributed by atoms with van der Waals surface area (Å²) < 4.78 is 11.2. The summed E-state index contributed by atoms with van der Waals surface area (Å²) in [5, 5.41) is 54.1. The number of amides is 1. The third-order valence-electron chi connectivity index (χ3n) is 10.2. The molecule has 0 aromatic carbocycles. The molecule has 0 aromatic heterocycles. The Hall–Kier alpha value is -0.810. The van der Waals surface area contributed by atoms with Crippen LogP contribution in [0.1, 0.15) is 194 Å². The molecule has 0 aromatic rings. The monoisotopic (exact) mass is 702 g/mol. The first-order valence-electron chi connectivity index (χ1n) is 20.7. The SMILES string of the molecule is CCCCCCCCCCCCCCCCCCC[C@@H](O)[C@H](CO[C@@H]1O[C@H](CO)[C@@H](O)C(O)C1O)NC(=O)CCCCCCCCCCC. The Morgan fingerprint density at radius 1 is 0.612 bits per heavy atom. The lowest BCUT2D eigenvalue weighted by molar-refractivity contribution is -0.302. The number of ether oxygens (including phenoxy) is 2. The highest BCUT2D eigenvalue weighted by Gasteiger charge is 2.44. The standard InChI is InChI=1S/C40H79NO8/c1-3-5-7-9-11-13-14-15-16-17-18-19-20-22-23-25-27-29-34(43)33(32-48-40-39(47)38(46)37(45)35(31-42)49-40)41-36(44)30-28-26-24-21-12-10-8-6-4-2/h33-35,37-40,42-43,45-47H,3-32H2,1-2H3,(H,41,44)/t33-,34+,35+,37+,38?,39?,40+/m0/s1. The molecule has 1 aliphatic rings. The second-order valence-corrected chi connectivity index (χ2v) is 14.8. The van der Waals surface area contributed by atoms with Gasteiger partial charge in [-0.1, -0.05) is 174 Å². The van der Waals surface area contributed by atoms with Gasteiger partial charge in [-0.25, -0.2) is 0 Å². The number of carbonyl (C=O) groups excluding carboxylic acids is 1. The van der Waals surface area contributed by atoms with Gasteiger partial charge in [0.15, 0.2) is 6.29 Å². The first-order chi connectivity index (χ1) is 23.8. The summed E-state index contributed by atoms with van der Waals surface area (Å²) in [4.78, 5) is 12.8. The fourth-order valence-electron chi connectivity index (χ4n) is 6.81. The molecule has 49 heavy (non-hydrogen) atoms. The molecule has 1 saturated heterocycles. The summed E-state index contributed by atoms with van der Waals surface area (Å²) in [7, 11) is 0. The topological polar surface area (TPSA) is 149 Å². The first-order valence-corrected chi connectivity index (χ1v) is 20.7. The number of nitrogens with one attached hydrogen (secondary N) is 1. The summed E-state index contributed by atoms with van der Waals surface area (Å²) in [5.74, 6) is -0.146. The van der Waals surface area contributed by atoms with Gasteiger partial charge in [-0.05, 0) is 12.8 Å². The zero-order valence-corrected chi connectivity index (χ0v) is 31.7.